The summed E-state index contributed by atoms with van der Waals surface area (Å²) in [7, 11) is -0.172. The maximum atomic E-state index is 11.5. The average Bonchev–Trinajstić information content (AvgIpc) is 2.22. The molecule has 0 bridgehead atoms. The monoisotopic (exact) mass is 258 g/mol. The fourth-order valence-corrected chi connectivity index (χ4v) is 1.92. The van der Waals surface area contributed by atoms with Gasteiger partial charge in [-0.1, -0.05) is 0 Å². The van der Waals surface area contributed by atoms with E-state index in [-0.39, 0.29) is 12.3 Å². The number of hydrogen-bond acceptors (Lipinski definition) is 5. The van der Waals surface area contributed by atoms with E-state index in [2.05, 4.69) is 10.3 Å². The predicted molar refractivity (Wildman–Crippen MR) is 69.3 cm³/mol. The lowest BCUT2D eigenvalue weighted by molar-refractivity contribution is 0.521. The summed E-state index contributed by atoms with van der Waals surface area (Å²) in [6.45, 7) is 2.13. The van der Waals surface area contributed by atoms with Gasteiger partial charge in [0.2, 0.25) is 10.0 Å². The van der Waals surface area contributed by atoms with Crippen molar-refractivity contribution in [3.63, 3.8) is 0 Å². The van der Waals surface area contributed by atoms with Crippen LogP contribution in [0.15, 0.2) is 12.1 Å². The largest absolute Gasteiger partial charge is 0.396 e. The molecule has 1 heterocycles. The Kier molecular flexibility index (Phi) is 4.30. The Hall–Kier alpha value is -1.34. The van der Waals surface area contributed by atoms with E-state index in [1.807, 2.05) is 6.92 Å². The first-order valence-corrected chi connectivity index (χ1v) is 6.81. The minimum Gasteiger partial charge on any atom is -0.396 e. The van der Waals surface area contributed by atoms with Gasteiger partial charge in [0.25, 0.3) is 0 Å². The molecule has 1 rings (SSSR count). The zero-order valence-electron chi connectivity index (χ0n) is 10.3. The number of aryl methyl sites for hydroxylation is 1. The third kappa shape index (κ3) is 3.86. The van der Waals surface area contributed by atoms with Gasteiger partial charge in [0.05, 0.1) is 11.4 Å². The van der Waals surface area contributed by atoms with E-state index in [0.29, 0.717) is 11.5 Å². The summed E-state index contributed by atoms with van der Waals surface area (Å²) in [6, 6.07) is 3.54. The lowest BCUT2D eigenvalue weighted by Gasteiger charge is -2.12. The second-order valence-electron chi connectivity index (χ2n) is 3.92. The first-order chi connectivity index (χ1) is 7.83. The standard InChI is InChI=1S/C10H18N4O2S/c1-8-4-5-9(11)10(13-8)12-6-7-17(15,16)14(2)3/h4-5H,6-7,11H2,1-3H3,(H,12,13). The number of aromatic nitrogens is 1. The van der Waals surface area contributed by atoms with Crippen molar-refractivity contribution in [2.75, 3.05) is 37.4 Å². The Morgan fingerprint density at radius 3 is 2.65 bits per heavy atom. The van der Waals surface area contributed by atoms with Gasteiger partial charge >= 0.3 is 0 Å². The third-order valence-corrected chi connectivity index (χ3v) is 4.11. The maximum absolute atomic E-state index is 11.5. The highest BCUT2D eigenvalue weighted by molar-refractivity contribution is 7.89. The van der Waals surface area contributed by atoms with E-state index in [9.17, 15) is 8.42 Å². The number of anilines is 2. The van der Waals surface area contributed by atoms with Gasteiger partial charge in [0.1, 0.15) is 5.82 Å². The Bertz CT molecular complexity index is 485. The molecule has 0 fully saturated rings. The van der Waals surface area contributed by atoms with Crippen LogP contribution in [0.25, 0.3) is 0 Å². The van der Waals surface area contributed by atoms with Crippen molar-refractivity contribution < 1.29 is 8.42 Å². The van der Waals surface area contributed by atoms with Gasteiger partial charge in [-0.2, -0.15) is 0 Å². The molecule has 0 aliphatic carbocycles. The Morgan fingerprint density at radius 1 is 1.41 bits per heavy atom. The lowest BCUT2D eigenvalue weighted by atomic mass is 10.3. The highest BCUT2D eigenvalue weighted by Crippen LogP contribution is 2.14. The topological polar surface area (TPSA) is 88.3 Å². The average molecular weight is 258 g/mol. The van der Waals surface area contributed by atoms with Crippen LogP contribution in [0.5, 0.6) is 0 Å². The van der Waals surface area contributed by atoms with Gasteiger partial charge in [0, 0.05) is 26.3 Å². The van der Waals surface area contributed by atoms with E-state index in [4.69, 9.17) is 5.73 Å². The second kappa shape index (κ2) is 5.33. The van der Waals surface area contributed by atoms with Crippen LogP contribution in [0.4, 0.5) is 11.5 Å². The zero-order chi connectivity index (χ0) is 13.1. The zero-order valence-corrected chi connectivity index (χ0v) is 11.1. The van der Waals surface area contributed by atoms with Gasteiger partial charge in [0.15, 0.2) is 0 Å². The fraction of sp³-hybridized carbons (Fsp3) is 0.500. The smallest absolute Gasteiger partial charge is 0.215 e. The molecule has 0 spiro atoms. The molecule has 1 aromatic heterocycles. The highest BCUT2D eigenvalue weighted by atomic mass is 32.2. The normalized spacial score (nSPS) is 11.8. The van der Waals surface area contributed by atoms with E-state index in [0.717, 1.165) is 5.69 Å². The van der Waals surface area contributed by atoms with Crippen LogP contribution >= 0.6 is 0 Å². The van der Waals surface area contributed by atoms with Crippen LogP contribution in [0.3, 0.4) is 0 Å². The molecular weight excluding hydrogens is 240 g/mol. The van der Waals surface area contributed by atoms with Gasteiger partial charge < -0.3 is 11.1 Å². The molecule has 0 aromatic carbocycles. The minimum atomic E-state index is -3.19. The highest BCUT2D eigenvalue weighted by Gasteiger charge is 2.13. The second-order valence-corrected chi connectivity index (χ2v) is 6.22. The van der Waals surface area contributed by atoms with Gasteiger partial charge in [-0.3, -0.25) is 0 Å². The Labute approximate surface area is 102 Å². The molecule has 1 aromatic rings. The number of sulfonamides is 1. The lowest BCUT2D eigenvalue weighted by Crippen LogP contribution is -2.28. The molecule has 0 unspecified atom stereocenters. The number of nitrogen functional groups attached to an aromatic ring is 1. The Morgan fingerprint density at radius 2 is 2.06 bits per heavy atom. The molecule has 0 saturated heterocycles. The number of nitrogens with zero attached hydrogens (tertiary/aromatic N) is 2. The van der Waals surface area contributed by atoms with Crippen LogP contribution in [-0.4, -0.2) is 44.1 Å². The quantitative estimate of drug-likeness (QED) is 0.791. The molecule has 3 N–H and O–H groups in total. The van der Waals surface area contributed by atoms with E-state index in [1.165, 1.54) is 18.4 Å². The molecule has 17 heavy (non-hydrogen) atoms. The number of hydrogen-bond donors (Lipinski definition) is 2. The van der Waals surface area contributed by atoms with Crippen molar-refractivity contribution in [2.45, 2.75) is 6.92 Å². The van der Waals surface area contributed by atoms with E-state index >= 15 is 0 Å². The van der Waals surface area contributed by atoms with Crippen molar-refractivity contribution in [1.82, 2.24) is 9.29 Å². The van der Waals surface area contributed by atoms with Crippen LogP contribution in [0, 0.1) is 6.92 Å². The third-order valence-electron chi connectivity index (χ3n) is 2.27. The molecule has 0 aliphatic rings. The van der Waals surface area contributed by atoms with Crippen LogP contribution in [0.2, 0.25) is 0 Å². The van der Waals surface area contributed by atoms with Crippen LogP contribution < -0.4 is 11.1 Å². The van der Waals surface area contributed by atoms with Crippen molar-refractivity contribution in [1.29, 1.82) is 0 Å². The van der Waals surface area contributed by atoms with E-state index < -0.39 is 10.0 Å². The van der Waals surface area contributed by atoms with Crippen molar-refractivity contribution in [2.24, 2.45) is 0 Å². The summed E-state index contributed by atoms with van der Waals surface area (Å²) in [4.78, 5) is 4.19. The van der Waals surface area contributed by atoms with Crippen molar-refractivity contribution >= 4 is 21.5 Å². The predicted octanol–water partition coefficient (Wildman–Crippen LogP) is 0.276. The number of rotatable bonds is 5. The summed E-state index contributed by atoms with van der Waals surface area (Å²) in [5.41, 5.74) is 7.06. The molecule has 0 aliphatic heterocycles. The van der Waals surface area contributed by atoms with Gasteiger partial charge in [-0.05, 0) is 19.1 Å². The number of pyridine rings is 1. The summed E-state index contributed by atoms with van der Waals surface area (Å²) in [6.07, 6.45) is 0. The van der Waals surface area contributed by atoms with Gasteiger partial charge in [-0.25, -0.2) is 17.7 Å². The molecule has 0 amide bonds. The molecular formula is C10H18N4O2S. The Balaban J connectivity index is 2.60. The molecule has 0 radical (unpaired) electrons. The fourth-order valence-electron chi connectivity index (χ4n) is 1.19. The molecule has 96 valence electrons. The number of nitrogens with one attached hydrogen (secondary N) is 1. The number of nitrogens with two attached hydrogens (primary N) is 1. The van der Waals surface area contributed by atoms with Crippen molar-refractivity contribution in [3.05, 3.63) is 17.8 Å². The first-order valence-electron chi connectivity index (χ1n) is 5.20. The first kappa shape index (κ1) is 13.7. The van der Waals surface area contributed by atoms with E-state index in [1.54, 1.807) is 12.1 Å². The molecule has 0 saturated carbocycles. The molecule has 7 heteroatoms. The SMILES string of the molecule is Cc1ccc(N)c(NCCS(=O)(=O)N(C)C)n1. The van der Waals surface area contributed by atoms with Gasteiger partial charge in [-0.15, -0.1) is 0 Å². The molecule has 6 nitrogen and oxygen atoms in total. The minimum absolute atomic E-state index is 0.00899. The summed E-state index contributed by atoms with van der Waals surface area (Å²) in [5.74, 6) is 0.536. The maximum Gasteiger partial charge on any atom is 0.215 e. The van der Waals surface area contributed by atoms with Crippen molar-refractivity contribution in [3.8, 4) is 0 Å². The summed E-state index contributed by atoms with van der Waals surface area (Å²) < 4.78 is 24.2. The molecule has 0 atom stereocenters. The summed E-state index contributed by atoms with van der Waals surface area (Å²) in [5, 5.41) is 2.92. The summed E-state index contributed by atoms with van der Waals surface area (Å²) >= 11 is 0. The van der Waals surface area contributed by atoms with Crippen LogP contribution in [0.1, 0.15) is 5.69 Å². The van der Waals surface area contributed by atoms with Crippen LogP contribution in [-0.2, 0) is 10.0 Å².